The SMILES string of the molecule is CNC(C)CNC(=O)C1(c2cccc(C)c2)CCCCC1. The number of amides is 1. The van der Waals surface area contributed by atoms with Gasteiger partial charge in [0.05, 0.1) is 5.41 Å². The minimum Gasteiger partial charge on any atom is -0.354 e. The second-order valence-electron chi connectivity index (χ2n) is 6.41. The van der Waals surface area contributed by atoms with Crippen molar-refractivity contribution >= 4 is 5.91 Å². The molecule has 3 nitrogen and oxygen atoms in total. The fourth-order valence-electron chi connectivity index (χ4n) is 3.26. The van der Waals surface area contributed by atoms with Crippen LogP contribution in [0.5, 0.6) is 0 Å². The van der Waals surface area contributed by atoms with Gasteiger partial charge < -0.3 is 10.6 Å². The molecule has 1 aliphatic carbocycles. The van der Waals surface area contributed by atoms with E-state index in [1.807, 2.05) is 7.05 Å². The second kappa shape index (κ2) is 7.08. The molecule has 1 saturated carbocycles. The zero-order chi connectivity index (χ0) is 15.3. The third-order valence-corrected chi connectivity index (χ3v) is 4.77. The van der Waals surface area contributed by atoms with Gasteiger partial charge in [0.2, 0.25) is 5.91 Å². The molecule has 2 N–H and O–H groups in total. The van der Waals surface area contributed by atoms with E-state index in [0.29, 0.717) is 12.6 Å². The van der Waals surface area contributed by atoms with Crippen LogP contribution in [0.3, 0.4) is 0 Å². The summed E-state index contributed by atoms with van der Waals surface area (Å²) in [4.78, 5) is 12.9. The predicted molar refractivity (Wildman–Crippen MR) is 87.5 cm³/mol. The molecule has 1 aromatic carbocycles. The fourth-order valence-corrected chi connectivity index (χ4v) is 3.26. The van der Waals surface area contributed by atoms with Gasteiger partial charge in [0.15, 0.2) is 0 Å². The van der Waals surface area contributed by atoms with Gasteiger partial charge in [-0.3, -0.25) is 4.79 Å². The number of aryl methyl sites for hydroxylation is 1. The molecular formula is C18H28N2O. The highest BCUT2D eigenvalue weighted by Crippen LogP contribution is 2.40. The Balaban J connectivity index is 2.22. The van der Waals surface area contributed by atoms with Crippen LogP contribution in [0, 0.1) is 6.92 Å². The third kappa shape index (κ3) is 3.65. The maximum atomic E-state index is 12.9. The normalized spacial score (nSPS) is 19.0. The van der Waals surface area contributed by atoms with Crippen LogP contribution >= 0.6 is 0 Å². The topological polar surface area (TPSA) is 41.1 Å². The standard InChI is InChI=1S/C18H28N2O/c1-14-8-7-9-16(12-14)18(10-5-4-6-11-18)17(21)20-13-15(2)19-3/h7-9,12,15,19H,4-6,10-11,13H2,1-3H3,(H,20,21). The van der Waals surface area contributed by atoms with Gasteiger partial charge >= 0.3 is 0 Å². The maximum Gasteiger partial charge on any atom is 0.230 e. The van der Waals surface area contributed by atoms with Crippen LogP contribution in [-0.4, -0.2) is 25.5 Å². The van der Waals surface area contributed by atoms with Crippen molar-refractivity contribution in [3.63, 3.8) is 0 Å². The molecule has 1 atom stereocenters. The molecule has 0 heterocycles. The molecule has 1 fully saturated rings. The Labute approximate surface area is 128 Å². The van der Waals surface area contributed by atoms with Gasteiger partial charge in [0.1, 0.15) is 0 Å². The minimum atomic E-state index is -0.322. The summed E-state index contributed by atoms with van der Waals surface area (Å²) in [5, 5.41) is 6.33. The van der Waals surface area contributed by atoms with E-state index in [2.05, 4.69) is 48.7 Å². The first kappa shape index (κ1) is 16.0. The molecule has 21 heavy (non-hydrogen) atoms. The number of hydrogen-bond acceptors (Lipinski definition) is 2. The van der Waals surface area contributed by atoms with Crippen molar-refractivity contribution in [2.45, 2.75) is 57.4 Å². The first-order chi connectivity index (χ1) is 10.1. The Morgan fingerprint density at radius 2 is 2.00 bits per heavy atom. The van der Waals surface area contributed by atoms with E-state index in [1.54, 1.807) is 0 Å². The maximum absolute atomic E-state index is 12.9. The summed E-state index contributed by atoms with van der Waals surface area (Å²) in [5.74, 6) is 0.204. The Morgan fingerprint density at radius 3 is 2.62 bits per heavy atom. The highest BCUT2D eigenvalue weighted by molar-refractivity contribution is 5.88. The summed E-state index contributed by atoms with van der Waals surface area (Å²) in [5.41, 5.74) is 2.10. The smallest absolute Gasteiger partial charge is 0.230 e. The summed E-state index contributed by atoms with van der Waals surface area (Å²) in [6, 6.07) is 8.78. The Hall–Kier alpha value is -1.35. The van der Waals surface area contributed by atoms with Gasteiger partial charge in [0.25, 0.3) is 0 Å². The van der Waals surface area contributed by atoms with Gasteiger partial charge in [-0.25, -0.2) is 0 Å². The van der Waals surface area contributed by atoms with Crippen molar-refractivity contribution in [3.05, 3.63) is 35.4 Å². The van der Waals surface area contributed by atoms with Crippen LogP contribution in [-0.2, 0) is 10.2 Å². The van der Waals surface area contributed by atoms with E-state index < -0.39 is 0 Å². The van der Waals surface area contributed by atoms with Crippen molar-refractivity contribution in [2.75, 3.05) is 13.6 Å². The lowest BCUT2D eigenvalue weighted by Gasteiger charge is -2.37. The summed E-state index contributed by atoms with van der Waals surface area (Å²) in [6.07, 6.45) is 5.46. The summed E-state index contributed by atoms with van der Waals surface area (Å²) in [7, 11) is 1.92. The Morgan fingerprint density at radius 1 is 1.29 bits per heavy atom. The van der Waals surface area contributed by atoms with Crippen molar-refractivity contribution in [1.82, 2.24) is 10.6 Å². The van der Waals surface area contributed by atoms with Crippen LogP contribution in [0.1, 0.15) is 50.2 Å². The minimum absolute atomic E-state index is 0.204. The van der Waals surface area contributed by atoms with E-state index in [0.717, 1.165) is 25.7 Å². The van der Waals surface area contributed by atoms with E-state index in [4.69, 9.17) is 0 Å². The van der Waals surface area contributed by atoms with E-state index in [9.17, 15) is 4.79 Å². The Kier molecular flexibility index (Phi) is 5.40. The molecule has 1 unspecified atom stereocenters. The lowest BCUT2D eigenvalue weighted by molar-refractivity contribution is -0.128. The van der Waals surface area contributed by atoms with Crippen LogP contribution < -0.4 is 10.6 Å². The lowest BCUT2D eigenvalue weighted by Crippen LogP contribution is -2.48. The fraction of sp³-hybridized carbons (Fsp3) is 0.611. The number of nitrogens with one attached hydrogen (secondary N) is 2. The average molecular weight is 288 g/mol. The summed E-state index contributed by atoms with van der Waals surface area (Å²) < 4.78 is 0. The number of carbonyl (C=O) groups is 1. The molecule has 1 aromatic rings. The first-order valence-electron chi connectivity index (χ1n) is 8.11. The monoisotopic (exact) mass is 288 g/mol. The molecule has 1 aliphatic rings. The number of likely N-dealkylation sites (N-methyl/N-ethyl adjacent to an activating group) is 1. The average Bonchev–Trinajstić information content (AvgIpc) is 2.52. The van der Waals surface area contributed by atoms with Crippen molar-refractivity contribution in [1.29, 1.82) is 0 Å². The highest BCUT2D eigenvalue weighted by Gasteiger charge is 2.40. The zero-order valence-electron chi connectivity index (χ0n) is 13.5. The molecule has 0 aliphatic heterocycles. The van der Waals surface area contributed by atoms with Crippen LogP contribution in [0.2, 0.25) is 0 Å². The predicted octanol–water partition coefficient (Wildman–Crippen LogP) is 2.92. The second-order valence-corrected chi connectivity index (χ2v) is 6.41. The van der Waals surface area contributed by atoms with Gasteiger partial charge in [-0.15, -0.1) is 0 Å². The van der Waals surface area contributed by atoms with Gasteiger partial charge in [-0.1, -0.05) is 49.1 Å². The highest BCUT2D eigenvalue weighted by atomic mass is 16.2. The van der Waals surface area contributed by atoms with Crippen LogP contribution in [0.15, 0.2) is 24.3 Å². The molecule has 0 spiro atoms. The molecule has 1 amide bonds. The molecule has 0 bridgehead atoms. The zero-order valence-corrected chi connectivity index (χ0v) is 13.5. The molecule has 3 heteroatoms. The van der Waals surface area contributed by atoms with Crippen molar-refractivity contribution in [3.8, 4) is 0 Å². The number of hydrogen-bond donors (Lipinski definition) is 2. The van der Waals surface area contributed by atoms with Gasteiger partial charge in [-0.05, 0) is 39.3 Å². The van der Waals surface area contributed by atoms with Crippen LogP contribution in [0.25, 0.3) is 0 Å². The third-order valence-electron chi connectivity index (χ3n) is 4.77. The number of rotatable bonds is 5. The molecule has 116 valence electrons. The van der Waals surface area contributed by atoms with Gasteiger partial charge in [0, 0.05) is 12.6 Å². The summed E-state index contributed by atoms with van der Waals surface area (Å²) in [6.45, 7) is 4.87. The summed E-state index contributed by atoms with van der Waals surface area (Å²) >= 11 is 0. The van der Waals surface area contributed by atoms with Gasteiger partial charge in [-0.2, -0.15) is 0 Å². The van der Waals surface area contributed by atoms with E-state index in [1.165, 1.54) is 17.5 Å². The Bertz CT molecular complexity index is 478. The lowest BCUT2D eigenvalue weighted by atomic mass is 9.68. The molecular weight excluding hydrogens is 260 g/mol. The molecule has 0 aromatic heterocycles. The van der Waals surface area contributed by atoms with E-state index in [-0.39, 0.29) is 11.3 Å². The molecule has 0 saturated heterocycles. The quantitative estimate of drug-likeness (QED) is 0.874. The van der Waals surface area contributed by atoms with Crippen molar-refractivity contribution < 1.29 is 4.79 Å². The van der Waals surface area contributed by atoms with Crippen molar-refractivity contribution in [2.24, 2.45) is 0 Å². The first-order valence-corrected chi connectivity index (χ1v) is 8.11. The van der Waals surface area contributed by atoms with E-state index >= 15 is 0 Å². The largest absolute Gasteiger partial charge is 0.354 e. The van der Waals surface area contributed by atoms with Crippen LogP contribution in [0.4, 0.5) is 0 Å². The number of benzene rings is 1. The molecule has 0 radical (unpaired) electrons. The number of carbonyl (C=O) groups excluding carboxylic acids is 1. The molecule has 2 rings (SSSR count).